The molecule has 0 amide bonds. The summed E-state index contributed by atoms with van der Waals surface area (Å²) in [6.45, 7) is 1.92. The van der Waals surface area contributed by atoms with Crippen LogP contribution in [0.3, 0.4) is 0 Å². The van der Waals surface area contributed by atoms with Crippen molar-refractivity contribution in [3.8, 4) is 11.6 Å². The molecule has 19 heavy (non-hydrogen) atoms. The van der Waals surface area contributed by atoms with Crippen molar-refractivity contribution in [2.75, 3.05) is 0 Å². The number of hydrogen-bond donors (Lipinski definition) is 1. The molecule has 0 aliphatic rings. The smallest absolute Gasteiger partial charge is 0.335 e. The normalized spacial score (nSPS) is 10.3. The molecule has 0 saturated heterocycles. The van der Waals surface area contributed by atoms with Gasteiger partial charge in [0.25, 0.3) is 0 Å². The minimum Gasteiger partial charge on any atom is -0.478 e. The van der Waals surface area contributed by atoms with Crippen LogP contribution in [0, 0.1) is 6.92 Å². The van der Waals surface area contributed by atoms with E-state index >= 15 is 0 Å². The molecule has 98 valence electrons. The summed E-state index contributed by atoms with van der Waals surface area (Å²) >= 11 is 6.71. The number of carbonyl (C=O) groups is 1. The summed E-state index contributed by atoms with van der Waals surface area (Å²) in [6.07, 6.45) is 1.63. The molecule has 2 aromatic rings. The number of pyridine rings is 1. The first-order valence-electron chi connectivity index (χ1n) is 5.31. The Balaban J connectivity index is 2.40. The van der Waals surface area contributed by atoms with Crippen molar-refractivity contribution in [2.24, 2.45) is 0 Å². The number of rotatable bonds is 3. The SMILES string of the molecule is Cc1ccnc(Oc2cc(C(=O)O)ccc2Br)c1Br. The highest BCUT2D eigenvalue weighted by Gasteiger charge is 2.12. The molecule has 0 radical (unpaired) electrons. The highest BCUT2D eigenvalue weighted by atomic mass is 79.9. The van der Waals surface area contributed by atoms with Crippen LogP contribution in [0.25, 0.3) is 0 Å². The molecule has 1 heterocycles. The highest BCUT2D eigenvalue weighted by molar-refractivity contribution is 9.11. The molecule has 0 spiro atoms. The zero-order valence-electron chi connectivity index (χ0n) is 9.85. The molecule has 1 aromatic carbocycles. The van der Waals surface area contributed by atoms with Gasteiger partial charge < -0.3 is 9.84 Å². The van der Waals surface area contributed by atoms with Crippen LogP contribution >= 0.6 is 31.9 Å². The van der Waals surface area contributed by atoms with Gasteiger partial charge in [-0.3, -0.25) is 0 Å². The van der Waals surface area contributed by atoms with Gasteiger partial charge in [0, 0.05) is 6.20 Å². The number of aryl methyl sites for hydroxylation is 1. The fourth-order valence-corrected chi connectivity index (χ4v) is 2.05. The second-order valence-corrected chi connectivity index (χ2v) is 5.45. The summed E-state index contributed by atoms with van der Waals surface area (Å²) in [6, 6.07) is 6.42. The molecule has 0 aliphatic heterocycles. The summed E-state index contributed by atoms with van der Waals surface area (Å²) in [5, 5.41) is 8.97. The fourth-order valence-electron chi connectivity index (χ4n) is 1.41. The largest absolute Gasteiger partial charge is 0.478 e. The maximum atomic E-state index is 10.9. The number of hydrogen-bond acceptors (Lipinski definition) is 3. The van der Waals surface area contributed by atoms with Crippen molar-refractivity contribution in [1.82, 2.24) is 4.98 Å². The van der Waals surface area contributed by atoms with Crippen LogP contribution in [0.2, 0.25) is 0 Å². The van der Waals surface area contributed by atoms with Gasteiger partial charge in [-0.2, -0.15) is 0 Å². The summed E-state index contributed by atoms with van der Waals surface area (Å²) in [5.74, 6) is -0.212. The van der Waals surface area contributed by atoms with Gasteiger partial charge in [0.2, 0.25) is 5.88 Å². The van der Waals surface area contributed by atoms with Gasteiger partial charge in [-0.25, -0.2) is 9.78 Å². The van der Waals surface area contributed by atoms with E-state index in [4.69, 9.17) is 9.84 Å². The number of carboxylic acids is 1. The first-order valence-corrected chi connectivity index (χ1v) is 6.89. The van der Waals surface area contributed by atoms with Gasteiger partial charge in [0.15, 0.2) is 0 Å². The molecule has 0 fully saturated rings. The van der Waals surface area contributed by atoms with E-state index in [0.29, 0.717) is 16.1 Å². The first kappa shape index (κ1) is 14.0. The summed E-state index contributed by atoms with van der Waals surface area (Å²) in [7, 11) is 0. The van der Waals surface area contributed by atoms with E-state index in [1.54, 1.807) is 12.3 Å². The van der Waals surface area contributed by atoms with Gasteiger partial charge in [-0.1, -0.05) is 0 Å². The predicted molar refractivity (Wildman–Crippen MR) is 77.8 cm³/mol. The van der Waals surface area contributed by atoms with Crippen LogP contribution in [0.15, 0.2) is 39.4 Å². The van der Waals surface area contributed by atoms with Gasteiger partial charge in [0.1, 0.15) is 5.75 Å². The molecule has 6 heteroatoms. The second kappa shape index (κ2) is 5.71. The van der Waals surface area contributed by atoms with E-state index in [9.17, 15) is 4.79 Å². The van der Waals surface area contributed by atoms with Crippen LogP contribution in [0.5, 0.6) is 11.6 Å². The Morgan fingerprint density at radius 2 is 2.05 bits per heavy atom. The third-order valence-electron chi connectivity index (χ3n) is 2.44. The lowest BCUT2D eigenvalue weighted by atomic mass is 10.2. The number of aromatic nitrogens is 1. The zero-order valence-corrected chi connectivity index (χ0v) is 13.0. The Morgan fingerprint density at radius 1 is 1.32 bits per heavy atom. The Kier molecular flexibility index (Phi) is 4.21. The molecule has 1 aromatic heterocycles. The molecular weight excluding hydrogens is 378 g/mol. The van der Waals surface area contributed by atoms with E-state index in [-0.39, 0.29) is 5.56 Å². The lowest BCUT2D eigenvalue weighted by Crippen LogP contribution is -1.98. The monoisotopic (exact) mass is 385 g/mol. The molecule has 0 bridgehead atoms. The van der Waals surface area contributed by atoms with Crippen LogP contribution in [0.4, 0.5) is 0 Å². The van der Waals surface area contributed by atoms with Crippen molar-refractivity contribution in [3.05, 3.63) is 50.5 Å². The summed E-state index contributed by atoms with van der Waals surface area (Å²) in [4.78, 5) is 15.1. The number of carboxylic acid groups (broad SMARTS) is 1. The van der Waals surface area contributed by atoms with Crippen LogP contribution in [0.1, 0.15) is 15.9 Å². The van der Waals surface area contributed by atoms with Crippen molar-refractivity contribution in [2.45, 2.75) is 6.92 Å². The van der Waals surface area contributed by atoms with Gasteiger partial charge in [0.05, 0.1) is 14.5 Å². The molecule has 0 unspecified atom stereocenters. The molecule has 0 saturated carbocycles. The first-order chi connectivity index (χ1) is 8.99. The van der Waals surface area contributed by atoms with Gasteiger partial charge >= 0.3 is 5.97 Å². The minimum absolute atomic E-state index is 0.155. The Morgan fingerprint density at radius 3 is 2.74 bits per heavy atom. The van der Waals surface area contributed by atoms with E-state index < -0.39 is 5.97 Å². The van der Waals surface area contributed by atoms with Crippen molar-refractivity contribution in [1.29, 1.82) is 0 Å². The molecule has 0 aliphatic carbocycles. The van der Waals surface area contributed by atoms with E-state index in [0.717, 1.165) is 10.0 Å². The maximum Gasteiger partial charge on any atom is 0.335 e. The van der Waals surface area contributed by atoms with E-state index in [1.807, 2.05) is 13.0 Å². The lowest BCUT2D eigenvalue weighted by molar-refractivity contribution is 0.0696. The minimum atomic E-state index is -1.01. The van der Waals surface area contributed by atoms with Crippen LogP contribution in [-0.4, -0.2) is 16.1 Å². The number of aromatic carboxylic acids is 1. The third-order valence-corrected chi connectivity index (χ3v) is 4.05. The standard InChI is InChI=1S/C13H9Br2NO3/c1-7-4-5-16-12(11(7)15)19-10-6-8(13(17)18)2-3-9(10)14/h2-6H,1H3,(H,17,18). The highest BCUT2D eigenvalue weighted by Crippen LogP contribution is 2.34. The van der Waals surface area contributed by atoms with Gasteiger partial charge in [-0.05, 0) is 68.6 Å². The van der Waals surface area contributed by atoms with Crippen LogP contribution in [-0.2, 0) is 0 Å². The molecule has 1 N–H and O–H groups in total. The summed E-state index contributed by atoms with van der Waals surface area (Å²) < 4.78 is 7.04. The number of benzene rings is 1. The van der Waals surface area contributed by atoms with Crippen molar-refractivity contribution in [3.63, 3.8) is 0 Å². The molecule has 2 rings (SSSR count). The summed E-state index contributed by atoms with van der Waals surface area (Å²) in [5.41, 5.74) is 1.14. The van der Waals surface area contributed by atoms with Crippen molar-refractivity contribution >= 4 is 37.8 Å². The predicted octanol–water partition coefficient (Wildman–Crippen LogP) is 4.41. The quantitative estimate of drug-likeness (QED) is 0.848. The zero-order chi connectivity index (χ0) is 14.0. The topological polar surface area (TPSA) is 59.4 Å². The Labute approximate surface area is 126 Å². The average Bonchev–Trinajstić information content (AvgIpc) is 2.37. The van der Waals surface area contributed by atoms with E-state index in [1.165, 1.54) is 12.1 Å². The fraction of sp³-hybridized carbons (Fsp3) is 0.0769. The number of halogens is 2. The molecule has 4 nitrogen and oxygen atoms in total. The lowest BCUT2D eigenvalue weighted by Gasteiger charge is -2.10. The van der Waals surface area contributed by atoms with Gasteiger partial charge in [-0.15, -0.1) is 0 Å². The number of ether oxygens (including phenoxy) is 1. The maximum absolute atomic E-state index is 10.9. The second-order valence-electron chi connectivity index (χ2n) is 3.80. The van der Waals surface area contributed by atoms with Crippen molar-refractivity contribution < 1.29 is 14.6 Å². The Bertz CT molecular complexity index is 644. The average molecular weight is 387 g/mol. The number of nitrogens with zero attached hydrogens (tertiary/aromatic N) is 1. The van der Waals surface area contributed by atoms with E-state index in [2.05, 4.69) is 36.8 Å². The molecule has 0 atom stereocenters. The van der Waals surface area contributed by atoms with Crippen LogP contribution < -0.4 is 4.74 Å². The molecular formula is C13H9Br2NO3. The third kappa shape index (κ3) is 3.13. The Hall–Kier alpha value is -1.40.